The number of amides is 1. The minimum atomic E-state index is -0.800. The van der Waals surface area contributed by atoms with Gasteiger partial charge in [-0.05, 0) is 0 Å². The largest absolute Gasteiger partial charge is 0.481 e. The van der Waals surface area contributed by atoms with Crippen molar-refractivity contribution < 1.29 is 14.7 Å². The highest BCUT2D eigenvalue weighted by Crippen LogP contribution is 2.21. The molecule has 0 atom stereocenters. The van der Waals surface area contributed by atoms with Crippen LogP contribution in [0.5, 0.6) is 0 Å². The summed E-state index contributed by atoms with van der Waals surface area (Å²) in [6, 6.07) is 9.36. The summed E-state index contributed by atoms with van der Waals surface area (Å²) < 4.78 is 0. The number of H-pyrrole nitrogens is 1. The van der Waals surface area contributed by atoms with Crippen LogP contribution in [0.2, 0.25) is 0 Å². The van der Waals surface area contributed by atoms with Crippen LogP contribution < -0.4 is 5.32 Å². The van der Waals surface area contributed by atoms with Gasteiger partial charge in [-0.2, -0.15) is 15.4 Å². The quantitative estimate of drug-likeness (QED) is 0.468. The van der Waals surface area contributed by atoms with E-state index < -0.39 is 5.97 Å². The summed E-state index contributed by atoms with van der Waals surface area (Å²) in [6.07, 6.45) is 0.142. The number of rotatable bonds is 9. The smallest absolute Gasteiger partial charge is 0.304 e. The summed E-state index contributed by atoms with van der Waals surface area (Å²) in [5, 5.41) is 21.7. The molecule has 9 heteroatoms. The number of hydrogen-bond acceptors (Lipinski definition) is 6. The van der Waals surface area contributed by atoms with Gasteiger partial charge in [-0.15, -0.1) is 0 Å². The molecule has 2 aromatic rings. The molecule has 3 N–H and O–H groups in total. The molecule has 0 saturated heterocycles. The second-order valence-corrected chi connectivity index (χ2v) is 7.13. The maximum atomic E-state index is 12.2. The van der Waals surface area contributed by atoms with Gasteiger partial charge in [0.25, 0.3) is 5.91 Å². The Balaban J connectivity index is 1.77. The lowest BCUT2D eigenvalue weighted by Crippen LogP contribution is -2.26. The van der Waals surface area contributed by atoms with Crippen molar-refractivity contribution in [2.75, 3.05) is 18.1 Å². The van der Waals surface area contributed by atoms with Crippen LogP contribution in [0.15, 0.2) is 30.3 Å². The number of carbonyl (C=O) groups is 2. The van der Waals surface area contributed by atoms with Gasteiger partial charge in [0.2, 0.25) is 0 Å². The lowest BCUT2D eigenvalue weighted by molar-refractivity contribution is -0.136. The number of carbonyl (C=O) groups excluding carboxylic acids is 1. The van der Waals surface area contributed by atoms with Crippen LogP contribution in [0.25, 0.3) is 11.3 Å². The lowest BCUT2D eigenvalue weighted by atomic mass is 10.1. The summed E-state index contributed by atoms with van der Waals surface area (Å²) in [6.45, 7) is 0.477. The number of nitrogens with one attached hydrogen (secondary N) is 2. The number of aliphatic carboxylic acids is 1. The predicted octanol–water partition coefficient (Wildman–Crippen LogP) is 2.06. The van der Waals surface area contributed by atoms with Crippen LogP contribution in [-0.4, -0.2) is 50.4 Å². The minimum Gasteiger partial charge on any atom is -0.481 e. The van der Waals surface area contributed by atoms with Gasteiger partial charge in [-0.1, -0.05) is 51.9 Å². The second kappa shape index (κ2) is 9.21. The third-order valence-electron chi connectivity index (χ3n) is 2.76. The number of aromatic amines is 1. The summed E-state index contributed by atoms with van der Waals surface area (Å²) in [4.78, 5) is 22.5. The first kappa shape index (κ1) is 17.4. The highest BCUT2D eigenvalue weighted by atomic mass is 33.1. The van der Waals surface area contributed by atoms with Crippen molar-refractivity contribution in [3.8, 4) is 11.3 Å². The topological polar surface area (TPSA) is 108 Å². The number of benzene rings is 1. The summed E-state index contributed by atoms with van der Waals surface area (Å²) in [5.74, 6) is 0.156. The Bertz CT molecular complexity index is 648. The van der Waals surface area contributed by atoms with Crippen LogP contribution >= 0.6 is 21.6 Å². The fraction of sp³-hybridized carbons (Fsp3) is 0.286. The van der Waals surface area contributed by atoms with E-state index in [1.807, 2.05) is 30.3 Å². The number of aromatic nitrogens is 3. The van der Waals surface area contributed by atoms with E-state index >= 15 is 0 Å². The van der Waals surface area contributed by atoms with E-state index in [2.05, 4.69) is 20.7 Å². The predicted molar refractivity (Wildman–Crippen MR) is 91.3 cm³/mol. The Kier molecular flexibility index (Phi) is 6.95. The molecule has 0 radical (unpaired) electrons. The average Bonchev–Trinajstić information content (AvgIpc) is 3.04. The third-order valence-corrected chi connectivity index (χ3v) is 5.17. The Morgan fingerprint density at radius 2 is 1.87 bits per heavy atom. The molecular weight excluding hydrogens is 336 g/mol. The average molecular weight is 352 g/mol. The molecule has 1 heterocycles. The van der Waals surface area contributed by atoms with Crippen molar-refractivity contribution in [2.45, 2.75) is 6.42 Å². The number of carboxylic acid groups (broad SMARTS) is 1. The standard InChI is InChI=1S/C14H16N4O3S2/c19-11(20)6-8-22-23-9-7-15-14(21)13-12(16-18-17-13)10-4-2-1-3-5-10/h1-5H,6-9H2,(H,15,21)(H,19,20)(H,16,17,18). The fourth-order valence-corrected chi connectivity index (χ4v) is 3.61. The van der Waals surface area contributed by atoms with Gasteiger partial charge in [0, 0.05) is 23.6 Å². The molecule has 7 nitrogen and oxygen atoms in total. The Morgan fingerprint density at radius 1 is 1.13 bits per heavy atom. The van der Waals surface area contributed by atoms with E-state index in [1.54, 1.807) is 0 Å². The van der Waals surface area contributed by atoms with E-state index in [0.29, 0.717) is 23.7 Å². The highest BCUT2D eigenvalue weighted by Gasteiger charge is 2.17. The van der Waals surface area contributed by atoms with Gasteiger partial charge in [-0.25, -0.2) is 0 Å². The van der Waals surface area contributed by atoms with Gasteiger partial charge in [-0.3, -0.25) is 9.59 Å². The maximum Gasteiger partial charge on any atom is 0.304 e. The van der Waals surface area contributed by atoms with Gasteiger partial charge < -0.3 is 10.4 Å². The summed E-state index contributed by atoms with van der Waals surface area (Å²) in [5.41, 5.74) is 1.61. The Labute approximate surface area is 141 Å². The molecule has 0 fully saturated rings. The molecule has 1 aromatic heterocycles. The summed E-state index contributed by atoms with van der Waals surface area (Å²) in [7, 11) is 3.01. The molecule has 1 amide bonds. The number of carboxylic acids is 1. The van der Waals surface area contributed by atoms with Crippen molar-refractivity contribution >= 4 is 33.5 Å². The van der Waals surface area contributed by atoms with Gasteiger partial charge >= 0.3 is 5.97 Å². The molecule has 0 spiro atoms. The molecule has 0 unspecified atom stereocenters. The highest BCUT2D eigenvalue weighted by molar-refractivity contribution is 8.76. The number of nitrogens with zero attached hydrogens (tertiary/aromatic N) is 2. The normalized spacial score (nSPS) is 10.4. The second-order valence-electron chi connectivity index (χ2n) is 4.43. The Morgan fingerprint density at radius 3 is 2.61 bits per heavy atom. The van der Waals surface area contributed by atoms with Gasteiger partial charge in [0.1, 0.15) is 5.69 Å². The van der Waals surface area contributed by atoms with E-state index in [0.717, 1.165) is 5.56 Å². The van der Waals surface area contributed by atoms with E-state index in [1.165, 1.54) is 21.6 Å². The molecule has 0 aliphatic rings. The van der Waals surface area contributed by atoms with Crippen molar-refractivity contribution in [2.24, 2.45) is 0 Å². The van der Waals surface area contributed by atoms with Crippen LogP contribution in [0.3, 0.4) is 0 Å². The van der Waals surface area contributed by atoms with E-state index in [-0.39, 0.29) is 18.0 Å². The van der Waals surface area contributed by atoms with Crippen LogP contribution in [0, 0.1) is 0 Å². The van der Waals surface area contributed by atoms with Crippen LogP contribution in [-0.2, 0) is 4.79 Å². The minimum absolute atomic E-state index is 0.142. The Hall–Kier alpha value is -2.00. The van der Waals surface area contributed by atoms with Crippen molar-refractivity contribution in [3.63, 3.8) is 0 Å². The van der Waals surface area contributed by atoms with Gasteiger partial charge in [0.05, 0.1) is 6.42 Å². The first-order chi connectivity index (χ1) is 11.2. The maximum absolute atomic E-state index is 12.2. The number of hydrogen-bond donors (Lipinski definition) is 3. The van der Waals surface area contributed by atoms with Crippen LogP contribution in [0.1, 0.15) is 16.9 Å². The zero-order valence-corrected chi connectivity index (χ0v) is 13.8. The zero-order chi connectivity index (χ0) is 16.5. The summed E-state index contributed by atoms with van der Waals surface area (Å²) >= 11 is 0. The molecule has 0 aliphatic carbocycles. The molecule has 0 saturated carbocycles. The van der Waals surface area contributed by atoms with Crippen molar-refractivity contribution in [1.29, 1.82) is 0 Å². The molecule has 122 valence electrons. The molecule has 1 aromatic carbocycles. The molecule has 23 heavy (non-hydrogen) atoms. The van der Waals surface area contributed by atoms with E-state index in [4.69, 9.17) is 5.11 Å². The SMILES string of the molecule is O=C(O)CCSSCCNC(=O)c1n[nH]nc1-c1ccccc1. The lowest BCUT2D eigenvalue weighted by Gasteiger charge is -2.04. The zero-order valence-electron chi connectivity index (χ0n) is 12.2. The molecule has 0 aliphatic heterocycles. The van der Waals surface area contributed by atoms with Gasteiger partial charge in [0.15, 0.2) is 5.69 Å². The molecule has 0 bridgehead atoms. The molecule has 2 rings (SSSR count). The first-order valence-electron chi connectivity index (χ1n) is 6.89. The third kappa shape index (κ3) is 5.61. The van der Waals surface area contributed by atoms with Crippen molar-refractivity contribution in [3.05, 3.63) is 36.0 Å². The van der Waals surface area contributed by atoms with Crippen LogP contribution in [0.4, 0.5) is 0 Å². The van der Waals surface area contributed by atoms with E-state index in [9.17, 15) is 9.59 Å². The molecular formula is C14H16N4O3S2. The monoisotopic (exact) mass is 352 g/mol. The first-order valence-corrected chi connectivity index (χ1v) is 9.38. The fourth-order valence-electron chi connectivity index (χ4n) is 1.72. The van der Waals surface area contributed by atoms with Crippen molar-refractivity contribution in [1.82, 2.24) is 20.7 Å².